The third-order valence-electron chi connectivity index (χ3n) is 5.01. The highest BCUT2D eigenvalue weighted by Crippen LogP contribution is 2.30. The molecule has 0 aliphatic carbocycles. The maximum atomic E-state index is 13.0. The molecule has 3 rings (SSSR count). The van der Waals surface area contributed by atoms with E-state index < -0.39 is 10.0 Å². The molecule has 7 heteroatoms. The van der Waals surface area contributed by atoms with Crippen LogP contribution in [0.5, 0.6) is 0 Å². The molecule has 0 saturated heterocycles. The molecule has 146 valence electrons. The van der Waals surface area contributed by atoms with Gasteiger partial charge in [0.05, 0.1) is 5.75 Å². The van der Waals surface area contributed by atoms with Gasteiger partial charge in [-0.15, -0.1) is 0 Å². The van der Waals surface area contributed by atoms with Gasteiger partial charge in [-0.3, -0.25) is 0 Å². The minimum absolute atomic E-state index is 0.0656. The smallest absolute Gasteiger partial charge is 0.215 e. The summed E-state index contributed by atoms with van der Waals surface area (Å²) < 4.78 is 40.6. The molecule has 0 spiro atoms. The highest BCUT2D eigenvalue weighted by molar-refractivity contribution is 7.88. The number of halogens is 1. The van der Waals surface area contributed by atoms with E-state index in [2.05, 4.69) is 34.9 Å². The van der Waals surface area contributed by atoms with Crippen LogP contribution in [0.15, 0.2) is 42.5 Å². The predicted molar refractivity (Wildman–Crippen MR) is 107 cm³/mol. The zero-order valence-electron chi connectivity index (χ0n) is 15.9. The highest BCUT2D eigenvalue weighted by Gasteiger charge is 2.22. The minimum atomic E-state index is -3.51. The summed E-state index contributed by atoms with van der Waals surface area (Å²) in [4.78, 5) is 4.25. The average Bonchev–Trinajstić information content (AvgIpc) is 2.97. The standard InChI is InChI=1S/C20H26FN3O2S/c1-23(2)20(16-6-9-19-17(12-16)10-11-24(19)3)13-22-27(25,26)14-15-4-7-18(21)8-5-15/h4-9,12,20,22H,10-11,13-14H2,1-3H3/t20-/m0/s1. The molecule has 1 aliphatic heterocycles. The molecule has 1 heterocycles. The number of rotatable bonds is 7. The Hall–Kier alpha value is -1.96. The van der Waals surface area contributed by atoms with E-state index in [0.717, 1.165) is 18.5 Å². The Kier molecular flexibility index (Phi) is 5.83. The summed E-state index contributed by atoms with van der Waals surface area (Å²) in [6.45, 7) is 1.29. The Labute approximate surface area is 160 Å². The van der Waals surface area contributed by atoms with Crippen LogP contribution >= 0.6 is 0 Å². The average molecular weight is 392 g/mol. The van der Waals surface area contributed by atoms with Gasteiger partial charge in [0.25, 0.3) is 0 Å². The predicted octanol–water partition coefficient (Wildman–Crippen LogP) is 2.54. The van der Waals surface area contributed by atoms with E-state index in [1.165, 1.54) is 35.5 Å². The first-order valence-electron chi connectivity index (χ1n) is 8.97. The first-order chi connectivity index (χ1) is 12.7. The molecule has 2 aromatic carbocycles. The minimum Gasteiger partial charge on any atom is -0.374 e. The molecule has 0 saturated carbocycles. The van der Waals surface area contributed by atoms with Gasteiger partial charge in [-0.25, -0.2) is 17.5 Å². The van der Waals surface area contributed by atoms with Crippen molar-refractivity contribution < 1.29 is 12.8 Å². The third kappa shape index (κ3) is 4.86. The molecular weight excluding hydrogens is 365 g/mol. The Morgan fingerprint density at radius 1 is 1.19 bits per heavy atom. The monoisotopic (exact) mass is 391 g/mol. The fourth-order valence-corrected chi connectivity index (χ4v) is 4.59. The van der Waals surface area contributed by atoms with Crippen LogP contribution in [-0.4, -0.2) is 47.6 Å². The second kappa shape index (κ2) is 7.96. The fourth-order valence-electron chi connectivity index (χ4n) is 3.45. The van der Waals surface area contributed by atoms with E-state index in [1.807, 2.05) is 19.0 Å². The second-order valence-electron chi connectivity index (χ2n) is 7.27. The van der Waals surface area contributed by atoms with E-state index >= 15 is 0 Å². The van der Waals surface area contributed by atoms with Gasteiger partial charge in [0, 0.05) is 31.9 Å². The summed E-state index contributed by atoms with van der Waals surface area (Å²) in [5.41, 5.74) is 4.20. The first kappa shape index (κ1) is 19.8. The third-order valence-corrected chi connectivity index (χ3v) is 6.33. The Bertz CT molecular complexity index is 898. The van der Waals surface area contributed by atoms with Gasteiger partial charge >= 0.3 is 0 Å². The summed E-state index contributed by atoms with van der Waals surface area (Å²) in [5.74, 6) is -0.540. The van der Waals surface area contributed by atoms with Crippen molar-refractivity contribution in [3.8, 4) is 0 Å². The molecule has 0 amide bonds. The van der Waals surface area contributed by atoms with Crippen LogP contribution in [0.2, 0.25) is 0 Å². The quantitative estimate of drug-likeness (QED) is 0.788. The number of nitrogens with zero attached hydrogens (tertiary/aromatic N) is 2. The van der Waals surface area contributed by atoms with Crippen molar-refractivity contribution in [2.75, 3.05) is 39.1 Å². The molecule has 0 fully saturated rings. The van der Waals surface area contributed by atoms with E-state index in [1.54, 1.807) is 0 Å². The largest absolute Gasteiger partial charge is 0.374 e. The van der Waals surface area contributed by atoms with E-state index in [-0.39, 0.29) is 24.2 Å². The topological polar surface area (TPSA) is 52.7 Å². The van der Waals surface area contributed by atoms with Gasteiger partial charge in [-0.1, -0.05) is 24.3 Å². The van der Waals surface area contributed by atoms with Crippen LogP contribution in [0, 0.1) is 5.82 Å². The molecule has 27 heavy (non-hydrogen) atoms. The van der Waals surface area contributed by atoms with E-state index in [9.17, 15) is 12.8 Å². The molecule has 0 bridgehead atoms. The summed E-state index contributed by atoms with van der Waals surface area (Å²) in [6, 6.07) is 11.8. The van der Waals surface area contributed by atoms with E-state index in [0.29, 0.717) is 5.56 Å². The molecule has 1 atom stereocenters. The number of sulfonamides is 1. The van der Waals surface area contributed by atoms with Crippen molar-refractivity contribution in [3.63, 3.8) is 0 Å². The first-order valence-corrected chi connectivity index (χ1v) is 10.6. The zero-order valence-corrected chi connectivity index (χ0v) is 16.8. The Balaban J connectivity index is 1.70. The summed E-state index contributed by atoms with van der Waals surface area (Å²) in [6.07, 6.45) is 1.01. The van der Waals surface area contributed by atoms with Crippen molar-refractivity contribution in [1.29, 1.82) is 0 Å². The Morgan fingerprint density at radius 2 is 1.89 bits per heavy atom. The van der Waals surface area contributed by atoms with Crippen molar-refractivity contribution >= 4 is 15.7 Å². The molecule has 5 nitrogen and oxygen atoms in total. The van der Waals surface area contributed by atoms with E-state index in [4.69, 9.17) is 0 Å². The summed E-state index contributed by atoms with van der Waals surface area (Å²) in [5, 5.41) is 0. The maximum absolute atomic E-state index is 13.0. The lowest BCUT2D eigenvalue weighted by Crippen LogP contribution is -2.35. The Morgan fingerprint density at radius 3 is 2.56 bits per heavy atom. The normalized spacial score (nSPS) is 15.2. The number of nitrogens with one attached hydrogen (secondary N) is 1. The van der Waals surface area contributed by atoms with Crippen LogP contribution < -0.4 is 9.62 Å². The molecule has 0 unspecified atom stereocenters. The van der Waals surface area contributed by atoms with Crippen LogP contribution in [0.4, 0.5) is 10.1 Å². The molecule has 1 aliphatic rings. The number of benzene rings is 2. The van der Waals surface area contributed by atoms with Crippen molar-refractivity contribution in [2.45, 2.75) is 18.2 Å². The number of hydrogen-bond acceptors (Lipinski definition) is 4. The summed E-state index contributed by atoms with van der Waals surface area (Å²) >= 11 is 0. The number of fused-ring (bicyclic) bond motifs is 1. The fraction of sp³-hybridized carbons (Fsp3) is 0.400. The SMILES string of the molecule is CN1CCc2cc([C@H](CNS(=O)(=O)Cc3ccc(F)cc3)N(C)C)ccc21. The van der Waals surface area contributed by atoms with Gasteiger partial charge in [-0.2, -0.15) is 0 Å². The van der Waals surface area contributed by atoms with Crippen molar-refractivity contribution in [1.82, 2.24) is 9.62 Å². The highest BCUT2D eigenvalue weighted by atomic mass is 32.2. The van der Waals surface area contributed by atoms with Gasteiger partial charge in [0.1, 0.15) is 5.82 Å². The number of likely N-dealkylation sites (N-methyl/N-ethyl adjacent to an activating group) is 2. The molecular formula is C20H26FN3O2S. The van der Waals surface area contributed by atoms with Crippen LogP contribution in [0.25, 0.3) is 0 Å². The number of hydrogen-bond donors (Lipinski definition) is 1. The lowest BCUT2D eigenvalue weighted by atomic mass is 10.0. The zero-order chi connectivity index (χ0) is 19.6. The van der Waals surface area contributed by atoms with Crippen molar-refractivity contribution in [2.24, 2.45) is 0 Å². The maximum Gasteiger partial charge on any atom is 0.215 e. The second-order valence-corrected chi connectivity index (χ2v) is 9.08. The lowest BCUT2D eigenvalue weighted by molar-refractivity contribution is 0.299. The van der Waals surface area contributed by atoms with Crippen LogP contribution in [0.1, 0.15) is 22.7 Å². The van der Waals surface area contributed by atoms with Gasteiger partial charge < -0.3 is 9.80 Å². The molecule has 2 aromatic rings. The van der Waals surface area contributed by atoms with Crippen LogP contribution in [0.3, 0.4) is 0 Å². The lowest BCUT2D eigenvalue weighted by Gasteiger charge is -2.26. The molecule has 1 N–H and O–H groups in total. The number of anilines is 1. The van der Waals surface area contributed by atoms with Gasteiger partial charge in [-0.05, 0) is 55.4 Å². The van der Waals surface area contributed by atoms with Crippen molar-refractivity contribution in [3.05, 3.63) is 65.0 Å². The molecule has 0 aromatic heterocycles. The summed E-state index contributed by atoms with van der Waals surface area (Å²) in [7, 11) is 2.46. The van der Waals surface area contributed by atoms with Gasteiger partial charge in [0.15, 0.2) is 0 Å². The molecule has 0 radical (unpaired) electrons. The van der Waals surface area contributed by atoms with Gasteiger partial charge in [0.2, 0.25) is 10.0 Å². The van der Waals surface area contributed by atoms with Crippen LogP contribution in [-0.2, 0) is 22.2 Å².